The van der Waals surface area contributed by atoms with Gasteiger partial charge in [0, 0.05) is 37.0 Å². The summed E-state index contributed by atoms with van der Waals surface area (Å²) in [4.78, 5) is 7.74. The summed E-state index contributed by atoms with van der Waals surface area (Å²) in [5, 5.41) is 1.12. The number of H-pyrrole nitrogens is 1. The Balaban J connectivity index is 1.73. The van der Waals surface area contributed by atoms with Crippen LogP contribution in [0.4, 0.5) is 4.39 Å². The van der Waals surface area contributed by atoms with E-state index in [2.05, 4.69) is 23.8 Å². The molecule has 1 N–H and O–H groups in total. The highest BCUT2D eigenvalue weighted by Crippen LogP contribution is 2.24. The van der Waals surface area contributed by atoms with E-state index in [4.69, 9.17) is 9.47 Å². The molecule has 3 rings (SSSR count). The van der Waals surface area contributed by atoms with E-state index in [1.165, 1.54) is 17.7 Å². The summed E-state index contributed by atoms with van der Waals surface area (Å²) in [6.07, 6.45) is 3.90. The number of hydrogen-bond acceptors (Lipinski definition) is 3. The zero-order valence-corrected chi connectivity index (χ0v) is 14.1. The Morgan fingerprint density at radius 2 is 1.92 bits per heavy atom. The summed E-state index contributed by atoms with van der Waals surface area (Å²) in [6.45, 7) is 4.50. The van der Waals surface area contributed by atoms with Gasteiger partial charge in [0.15, 0.2) is 6.29 Å². The van der Waals surface area contributed by atoms with Crippen LogP contribution < -0.4 is 0 Å². The molecule has 2 heterocycles. The van der Waals surface area contributed by atoms with Gasteiger partial charge in [-0.3, -0.25) is 4.98 Å². The molecule has 0 aliphatic heterocycles. The first-order valence-corrected chi connectivity index (χ1v) is 7.89. The van der Waals surface area contributed by atoms with E-state index in [1.807, 2.05) is 12.4 Å². The number of methoxy groups -OCH3 is 1. The molecule has 1 unspecified atom stereocenters. The van der Waals surface area contributed by atoms with E-state index in [1.54, 1.807) is 19.2 Å². The summed E-state index contributed by atoms with van der Waals surface area (Å²) in [5.74, 6) is -0.253. The number of nitrogens with one attached hydrogen (secondary N) is 1. The second-order valence-corrected chi connectivity index (χ2v) is 5.90. The van der Waals surface area contributed by atoms with Crippen LogP contribution in [0.1, 0.15) is 22.4 Å². The number of aromatic amines is 1. The second-order valence-electron chi connectivity index (χ2n) is 5.90. The summed E-state index contributed by atoms with van der Waals surface area (Å²) in [7, 11) is 1.62. The lowest BCUT2D eigenvalue weighted by atomic mass is 10.1. The first kappa shape index (κ1) is 16.6. The Bertz CT molecular complexity index is 827. The summed E-state index contributed by atoms with van der Waals surface area (Å²) in [5.41, 5.74) is 5.38. The van der Waals surface area contributed by atoms with Crippen LogP contribution in [0.2, 0.25) is 0 Å². The maximum atomic E-state index is 12.9. The molecule has 0 saturated carbocycles. The molecule has 0 fully saturated rings. The van der Waals surface area contributed by atoms with Crippen LogP contribution in [-0.4, -0.2) is 23.4 Å². The summed E-state index contributed by atoms with van der Waals surface area (Å²) < 4.78 is 24.2. The topological polar surface area (TPSA) is 47.1 Å². The highest BCUT2D eigenvalue weighted by molar-refractivity contribution is 5.86. The molecule has 3 aromatic rings. The average Bonchev–Trinajstić information content (AvgIpc) is 2.89. The maximum Gasteiger partial charge on any atom is 0.161 e. The van der Waals surface area contributed by atoms with Gasteiger partial charge in [-0.1, -0.05) is 12.1 Å². The lowest BCUT2D eigenvalue weighted by Crippen LogP contribution is -2.18. The number of rotatable bonds is 6. The average molecular weight is 328 g/mol. The molecule has 24 heavy (non-hydrogen) atoms. The third-order valence-corrected chi connectivity index (χ3v) is 4.30. The molecule has 5 heteroatoms. The zero-order valence-electron chi connectivity index (χ0n) is 14.1. The monoisotopic (exact) mass is 328 g/mol. The molecular weight excluding hydrogens is 307 g/mol. The van der Waals surface area contributed by atoms with Gasteiger partial charge < -0.3 is 14.5 Å². The first-order valence-electron chi connectivity index (χ1n) is 7.89. The number of nitrogens with zero attached hydrogens (tertiary/aromatic N) is 1. The van der Waals surface area contributed by atoms with Crippen molar-refractivity contribution in [1.29, 1.82) is 0 Å². The third kappa shape index (κ3) is 3.47. The van der Waals surface area contributed by atoms with E-state index in [0.29, 0.717) is 13.0 Å². The van der Waals surface area contributed by atoms with Crippen LogP contribution in [-0.2, 0) is 22.5 Å². The lowest BCUT2D eigenvalue weighted by Gasteiger charge is -2.16. The fourth-order valence-electron chi connectivity index (χ4n) is 2.73. The quantitative estimate of drug-likeness (QED) is 0.694. The second kappa shape index (κ2) is 7.11. The number of benzene rings is 1. The Kier molecular flexibility index (Phi) is 4.92. The van der Waals surface area contributed by atoms with Crippen molar-refractivity contribution < 1.29 is 13.9 Å². The molecule has 0 amide bonds. The molecule has 1 atom stereocenters. The Morgan fingerprint density at radius 3 is 2.62 bits per heavy atom. The Hall–Kier alpha value is -2.24. The molecule has 0 aliphatic rings. The fraction of sp³-hybridized carbons (Fsp3) is 0.316. The lowest BCUT2D eigenvalue weighted by molar-refractivity contribution is -0.130. The molecular formula is C19H21FN2O2. The zero-order chi connectivity index (χ0) is 17.1. The number of pyridine rings is 1. The molecule has 0 saturated heterocycles. The van der Waals surface area contributed by atoms with Crippen molar-refractivity contribution in [2.45, 2.75) is 33.2 Å². The van der Waals surface area contributed by atoms with Crippen molar-refractivity contribution in [2.24, 2.45) is 0 Å². The van der Waals surface area contributed by atoms with E-state index in [-0.39, 0.29) is 5.82 Å². The number of aryl methyl sites for hydroxylation is 2. The van der Waals surface area contributed by atoms with Crippen molar-refractivity contribution in [3.63, 3.8) is 0 Å². The predicted molar refractivity (Wildman–Crippen MR) is 91.3 cm³/mol. The molecule has 2 aromatic heterocycles. The fourth-order valence-corrected chi connectivity index (χ4v) is 2.73. The molecule has 1 aromatic carbocycles. The van der Waals surface area contributed by atoms with E-state index < -0.39 is 6.29 Å². The van der Waals surface area contributed by atoms with Gasteiger partial charge in [-0.15, -0.1) is 0 Å². The number of aromatic nitrogens is 2. The van der Waals surface area contributed by atoms with Crippen LogP contribution in [0, 0.1) is 19.7 Å². The Morgan fingerprint density at radius 1 is 1.17 bits per heavy atom. The smallest absolute Gasteiger partial charge is 0.161 e. The standard InChI is InChI=1S/C19H21FN2O2/c1-12-13(2)22-19-15(9-21-10-17(12)19)8-18(23-3)24-11-14-4-6-16(20)7-5-14/h4-7,9-10,18,22H,8,11H2,1-3H3. The van der Waals surface area contributed by atoms with Crippen molar-refractivity contribution in [3.05, 3.63) is 64.9 Å². The normalized spacial score (nSPS) is 12.7. The van der Waals surface area contributed by atoms with Crippen LogP contribution in [0.15, 0.2) is 36.7 Å². The highest BCUT2D eigenvalue weighted by Gasteiger charge is 2.14. The van der Waals surface area contributed by atoms with Gasteiger partial charge in [-0.05, 0) is 42.7 Å². The van der Waals surface area contributed by atoms with Crippen molar-refractivity contribution in [2.75, 3.05) is 7.11 Å². The van der Waals surface area contributed by atoms with Crippen LogP contribution in [0.3, 0.4) is 0 Å². The molecule has 0 bridgehead atoms. The first-order chi connectivity index (χ1) is 11.6. The number of hydrogen-bond donors (Lipinski definition) is 1. The van der Waals surface area contributed by atoms with Crippen molar-refractivity contribution in [3.8, 4) is 0 Å². The van der Waals surface area contributed by atoms with E-state index >= 15 is 0 Å². The summed E-state index contributed by atoms with van der Waals surface area (Å²) >= 11 is 0. The highest BCUT2D eigenvalue weighted by atomic mass is 19.1. The number of halogens is 1. The molecule has 4 nitrogen and oxygen atoms in total. The van der Waals surface area contributed by atoms with E-state index in [0.717, 1.165) is 27.7 Å². The van der Waals surface area contributed by atoms with Crippen LogP contribution in [0.5, 0.6) is 0 Å². The molecule has 0 radical (unpaired) electrons. The summed E-state index contributed by atoms with van der Waals surface area (Å²) in [6, 6.07) is 6.27. The van der Waals surface area contributed by atoms with Crippen LogP contribution in [0.25, 0.3) is 10.9 Å². The maximum absolute atomic E-state index is 12.9. The van der Waals surface area contributed by atoms with Gasteiger partial charge in [0.2, 0.25) is 0 Å². The largest absolute Gasteiger partial charge is 0.358 e. The van der Waals surface area contributed by atoms with Crippen molar-refractivity contribution in [1.82, 2.24) is 9.97 Å². The molecule has 126 valence electrons. The predicted octanol–water partition coefficient (Wildman–Crippen LogP) is 4.05. The van der Waals surface area contributed by atoms with Gasteiger partial charge in [0.25, 0.3) is 0 Å². The molecule has 0 spiro atoms. The van der Waals surface area contributed by atoms with Gasteiger partial charge >= 0.3 is 0 Å². The van der Waals surface area contributed by atoms with Gasteiger partial charge in [0.1, 0.15) is 5.82 Å². The minimum atomic E-state index is -0.397. The van der Waals surface area contributed by atoms with Gasteiger partial charge in [-0.25, -0.2) is 4.39 Å². The van der Waals surface area contributed by atoms with Crippen molar-refractivity contribution >= 4 is 10.9 Å². The minimum Gasteiger partial charge on any atom is -0.358 e. The van der Waals surface area contributed by atoms with E-state index in [9.17, 15) is 4.39 Å². The third-order valence-electron chi connectivity index (χ3n) is 4.30. The number of fused-ring (bicyclic) bond motifs is 1. The SMILES string of the molecule is COC(Cc1cncc2c(C)c(C)[nH]c12)OCc1ccc(F)cc1. The number of ether oxygens (including phenoxy) is 2. The molecule has 0 aliphatic carbocycles. The van der Waals surface area contributed by atoms with Crippen LogP contribution >= 0.6 is 0 Å². The Labute approximate surface area is 140 Å². The van der Waals surface area contributed by atoms with Gasteiger partial charge in [-0.2, -0.15) is 0 Å². The van der Waals surface area contributed by atoms with Gasteiger partial charge in [0.05, 0.1) is 12.1 Å². The minimum absolute atomic E-state index is 0.253.